The van der Waals surface area contributed by atoms with Gasteiger partial charge in [0.25, 0.3) is 0 Å². The average molecular weight is 210 g/mol. The molecule has 1 aliphatic carbocycles. The molecule has 2 aliphatic rings. The van der Waals surface area contributed by atoms with Crippen LogP contribution in [0.3, 0.4) is 0 Å². The van der Waals surface area contributed by atoms with E-state index in [0.29, 0.717) is 0 Å². The van der Waals surface area contributed by atoms with E-state index in [0.717, 1.165) is 12.0 Å². The molecule has 1 N–H and O–H groups in total. The number of rotatable bonds is 3. The van der Waals surface area contributed by atoms with Crippen molar-refractivity contribution in [2.75, 3.05) is 26.7 Å². The smallest absolute Gasteiger partial charge is 0.00952 e. The van der Waals surface area contributed by atoms with Crippen molar-refractivity contribution in [3.63, 3.8) is 0 Å². The van der Waals surface area contributed by atoms with Crippen LogP contribution in [0.25, 0.3) is 0 Å². The Balaban J connectivity index is 1.72. The standard InChI is InChI=1S/C13H26N2/c1-14-11-12-7-9-15(10-8-12)13-5-3-2-4-6-13/h12-14H,2-11H2,1H3. The van der Waals surface area contributed by atoms with Gasteiger partial charge in [-0.15, -0.1) is 0 Å². The van der Waals surface area contributed by atoms with Crippen molar-refractivity contribution in [1.82, 2.24) is 10.2 Å². The fourth-order valence-corrected chi connectivity index (χ4v) is 3.26. The first-order chi connectivity index (χ1) is 7.40. The average Bonchev–Trinajstić information content (AvgIpc) is 2.32. The maximum atomic E-state index is 3.31. The summed E-state index contributed by atoms with van der Waals surface area (Å²) in [5, 5.41) is 3.31. The highest BCUT2D eigenvalue weighted by Crippen LogP contribution is 2.26. The number of piperidine rings is 1. The van der Waals surface area contributed by atoms with Crippen LogP contribution in [0.2, 0.25) is 0 Å². The lowest BCUT2D eigenvalue weighted by molar-refractivity contribution is 0.107. The van der Waals surface area contributed by atoms with Gasteiger partial charge in [0.05, 0.1) is 0 Å². The number of likely N-dealkylation sites (tertiary alicyclic amines) is 1. The van der Waals surface area contributed by atoms with Crippen LogP contribution in [0.1, 0.15) is 44.9 Å². The summed E-state index contributed by atoms with van der Waals surface area (Å²) >= 11 is 0. The molecule has 0 amide bonds. The second kappa shape index (κ2) is 5.86. The zero-order valence-electron chi connectivity index (χ0n) is 10.2. The Kier molecular flexibility index (Phi) is 4.45. The highest BCUT2D eigenvalue weighted by atomic mass is 15.2. The maximum Gasteiger partial charge on any atom is 0.00952 e. The van der Waals surface area contributed by atoms with E-state index in [4.69, 9.17) is 0 Å². The van der Waals surface area contributed by atoms with E-state index in [2.05, 4.69) is 17.3 Å². The van der Waals surface area contributed by atoms with Crippen LogP contribution in [0.15, 0.2) is 0 Å². The van der Waals surface area contributed by atoms with Crippen LogP contribution in [-0.2, 0) is 0 Å². The third kappa shape index (κ3) is 3.18. The lowest BCUT2D eigenvalue weighted by Gasteiger charge is -2.39. The predicted octanol–water partition coefficient (Wildman–Crippen LogP) is 2.25. The summed E-state index contributed by atoms with van der Waals surface area (Å²) in [4.78, 5) is 2.77. The number of hydrogen-bond acceptors (Lipinski definition) is 2. The zero-order chi connectivity index (χ0) is 10.5. The van der Waals surface area contributed by atoms with Crippen LogP contribution in [0, 0.1) is 5.92 Å². The van der Waals surface area contributed by atoms with E-state index in [1.165, 1.54) is 64.6 Å². The van der Waals surface area contributed by atoms with Gasteiger partial charge in [0.15, 0.2) is 0 Å². The molecule has 2 rings (SSSR count). The first-order valence-electron chi connectivity index (χ1n) is 6.79. The Hall–Kier alpha value is -0.0800. The van der Waals surface area contributed by atoms with Gasteiger partial charge in [-0.3, -0.25) is 0 Å². The highest BCUT2D eigenvalue weighted by molar-refractivity contribution is 4.81. The van der Waals surface area contributed by atoms with Crippen molar-refractivity contribution in [1.29, 1.82) is 0 Å². The van der Waals surface area contributed by atoms with Crippen molar-refractivity contribution in [3.8, 4) is 0 Å². The van der Waals surface area contributed by atoms with Crippen LogP contribution in [0.5, 0.6) is 0 Å². The van der Waals surface area contributed by atoms with Crippen molar-refractivity contribution in [2.45, 2.75) is 51.0 Å². The molecule has 0 radical (unpaired) electrons. The molecule has 0 atom stereocenters. The molecule has 1 aliphatic heterocycles. The SMILES string of the molecule is CNCC1CCN(C2CCCCC2)CC1. The highest BCUT2D eigenvalue weighted by Gasteiger charge is 2.25. The van der Waals surface area contributed by atoms with Gasteiger partial charge < -0.3 is 10.2 Å². The summed E-state index contributed by atoms with van der Waals surface area (Å²) in [7, 11) is 2.08. The van der Waals surface area contributed by atoms with Crippen molar-refractivity contribution in [3.05, 3.63) is 0 Å². The Morgan fingerprint density at radius 2 is 1.67 bits per heavy atom. The van der Waals surface area contributed by atoms with Gasteiger partial charge in [0, 0.05) is 6.04 Å². The molecule has 1 saturated carbocycles. The van der Waals surface area contributed by atoms with Crippen molar-refractivity contribution in [2.24, 2.45) is 5.92 Å². The molecule has 1 saturated heterocycles. The molecule has 0 aromatic rings. The Morgan fingerprint density at radius 1 is 1.00 bits per heavy atom. The molecule has 15 heavy (non-hydrogen) atoms. The third-order valence-corrected chi connectivity index (χ3v) is 4.23. The van der Waals surface area contributed by atoms with Gasteiger partial charge in [-0.25, -0.2) is 0 Å². The zero-order valence-corrected chi connectivity index (χ0v) is 10.2. The predicted molar refractivity (Wildman–Crippen MR) is 65.1 cm³/mol. The van der Waals surface area contributed by atoms with E-state index < -0.39 is 0 Å². The quantitative estimate of drug-likeness (QED) is 0.768. The summed E-state index contributed by atoms with van der Waals surface area (Å²) in [6.45, 7) is 3.94. The van der Waals surface area contributed by atoms with E-state index in [1.807, 2.05) is 0 Å². The van der Waals surface area contributed by atoms with Crippen LogP contribution < -0.4 is 5.32 Å². The fraction of sp³-hybridized carbons (Fsp3) is 1.00. The van der Waals surface area contributed by atoms with Gasteiger partial charge in [-0.1, -0.05) is 19.3 Å². The van der Waals surface area contributed by atoms with Crippen LogP contribution >= 0.6 is 0 Å². The summed E-state index contributed by atoms with van der Waals surface area (Å²) in [5.74, 6) is 0.940. The van der Waals surface area contributed by atoms with Crippen molar-refractivity contribution >= 4 is 0 Å². The number of nitrogens with zero attached hydrogens (tertiary/aromatic N) is 1. The maximum absolute atomic E-state index is 3.31. The minimum atomic E-state index is 0.939. The Morgan fingerprint density at radius 3 is 2.27 bits per heavy atom. The van der Waals surface area contributed by atoms with E-state index in [1.54, 1.807) is 0 Å². The molecule has 1 heterocycles. The molecule has 0 spiro atoms. The molecule has 88 valence electrons. The molecule has 0 aromatic heterocycles. The minimum absolute atomic E-state index is 0.939. The minimum Gasteiger partial charge on any atom is -0.319 e. The molecular formula is C13H26N2. The van der Waals surface area contributed by atoms with Crippen LogP contribution in [-0.4, -0.2) is 37.6 Å². The number of hydrogen-bond donors (Lipinski definition) is 1. The summed E-state index contributed by atoms with van der Waals surface area (Å²) in [5.41, 5.74) is 0. The second-order valence-electron chi connectivity index (χ2n) is 5.33. The lowest BCUT2D eigenvalue weighted by atomic mass is 9.90. The molecule has 2 heteroatoms. The van der Waals surface area contributed by atoms with Crippen LogP contribution in [0.4, 0.5) is 0 Å². The summed E-state index contributed by atoms with van der Waals surface area (Å²) in [6, 6.07) is 0.939. The Labute approximate surface area is 94.4 Å². The summed E-state index contributed by atoms with van der Waals surface area (Å²) in [6.07, 6.45) is 10.2. The lowest BCUT2D eigenvalue weighted by Crippen LogP contribution is -2.43. The van der Waals surface area contributed by atoms with E-state index in [-0.39, 0.29) is 0 Å². The largest absolute Gasteiger partial charge is 0.319 e. The molecule has 2 nitrogen and oxygen atoms in total. The van der Waals surface area contributed by atoms with Gasteiger partial charge in [-0.2, -0.15) is 0 Å². The van der Waals surface area contributed by atoms with Gasteiger partial charge >= 0.3 is 0 Å². The first-order valence-corrected chi connectivity index (χ1v) is 6.79. The fourth-order valence-electron chi connectivity index (χ4n) is 3.26. The molecule has 0 bridgehead atoms. The van der Waals surface area contributed by atoms with Crippen molar-refractivity contribution < 1.29 is 0 Å². The second-order valence-corrected chi connectivity index (χ2v) is 5.33. The van der Waals surface area contributed by atoms with E-state index >= 15 is 0 Å². The third-order valence-electron chi connectivity index (χ3n) is 4.23. The van der Waals surface area contributed by atoms with Gasteiger partial charge in [0.1, 0.15) is 0 Å². The summed E-state index contributed by atoms with van der Waals surface area (Å²) < 4.78 is 0. The molecule has 0 aromatic carbocycles. The van der Waals surface area contributed by atoms with E-state index in [9.17, 15) is 0 Å². The Bertz CT molecular complexity index is 167. The monoisotopic (exact) mass is 210 g/mol. The molecule has 2 fully saturated rings. The topological polar surface area (TPSA) is 15.3 Å². The molecule has 0 unspecified atom stereocenters. The normalized spacial score (nSPS) is 27.0. The van der Waals surface area contributed by atoms with Gasteiger partial charge in [0.2, 0.25) is 0 Å². The van der Waals surface area contributed by atoms with Gasteiger partial charge in [-0.05, 0) is 58.3 Å². The molecular weight excluding hydrogens is 184 g/mol. The number of nitrogens with one attached hydrogen (secondary N) is 1. The first kappa shape index (κ1) is 11.4.